The molecule has 0 unspecified atom stereocenters. The van der Waals surface area contributed by atoms with Gasteiger partial charge in [0.15, 0.2) is 0 Å². The Labute approximate surface area is 91.8 Å². The zero-order chi connectivity index (χ0) is 10.3. The van der Waals surface area contributed by atoms with Gasteiger partial charge in [0.25, 0.3) is 0 Å². The number of aryl methyl sites for hydroxylation is 1. The molecule has 1 heterocycles. The molecule has 5 heteroatoms. The van der Waals surface area contributed by atoms with E-state index in [-0.39, 0.29) is 0 Å². The summed E-state index contributed by atoms with van der Waals surface area (Å²) in [7, 11) is -1.39. The summed E-state index contributed by atoms with van der Waals surface area (Å²) in [5.74, 6) is 0. The van der Waals surface area contributed by atoms with E-state index in [4.69, 9.17) is 0 Å². The van der Waals surface area contributed by atoms with Crippen molar-refractivity contribution in [2.24, 2.45) is 0 Å². The molecule has 2 nitrogen and oxygen atoms in total. The summed E-state index contributed by atoms with van der Waals surface area (Å²) < 4.78 is 1.04. The monoisotopic (exact) mass is 224 g/mol. The van der Waals surface area contributed by atoms with Gasteiger partial charge in [0.05, 0.1) is 0 Å². The predicted octanol–water partition coefficient (Wildman–Crippen LogP) is 1.18. The second-order valence-electron chi connectivity index (χ2n) is 3.13. The summed E-state index contributed by atoms with van der Waals surface area (Å²) in [6, 6.07) is 5.65. The first kappa shape index (κ1) is 10.0. The maximum absolute atomic E-state index is 9.20. The smallest absolute Gasteiger partial charge is 0.423 e. The first-order valence-corrected chi connectivity index (χ1v) is 5.44. The molecule has 0 aliphatic heterocycles. The lowest BCUT2D eigenvalue weighted by molar-refractivity contribution is 0.426. The van der Waals surface area contributed by atoms with Gasteiger partial charge >= 0.3 is 7.12 Å². The van der Waals surface area contributed by atoms with Crippen LogP contribution < -0.4 is 5.46 Å². The molecule has 1 aromatic carbocycles. The van der Waals surface area contributed by atoms with Gasteiger partial charge in [-0.2, -0.15) is 0 Å². The highest BCUT2D eigenvalue weighted by Gasteiger charge is 2.19. The molecule has 2 N–H and O–H groups in total. The fourth-order valence-corrected chi connectivity index (χ4v) is 2.97. The summed E-state index contributed by atoms with van der Waals surface area (Å²) in [5, 5.41) is 19.3. The van der Waals surface area contributed by atoms with Crippen molar-refractivity contribution in [3.05, 3.63) is 23.1 Å². The van der Waals surface area contributed by atoms with Crippen LogP contribution >= 0.6 is 24.0 Å². The Balaban J connectivity index is 2.77. The van der Waals surface area contributed by atoms with Crippen LogP contribution in [-0.2, 0) is 0 Å². The number of hydrogen-bond acceptors (Lipinski definition) is 4. The Morgan fingerprint density at radius 2 is 2.07 bits per heavy atom. The molecule has 0 atom stereocenters. The summed E-state index contributed by atoms with van der Waals surface area (Å²) in [6.07, 6.45) is 0. The topological polar surface area (TPSA) is 40.5 Å². The van der Waals surface area contributed by atoms with E-state index < -0.39 is 7.12 Å². The third kappa shape index (κ3) is 1.57. The molecule has 0 radical (unpaired) electrons. The van der Waals surface area contributed by atoms with E-state index in [2.05, 4.69) is 12.6 Å². The van der Waals surface area contributed by atoms with Crippen LogP contribution in [0.2, 0.25) is 0 Å². The van der Waals surface area contributed by atoms with Crippen LogP contribution in [0.25, 0.3) is 10.1 Å². The molecule has 0 saturated carbocycles. The molecule has 1 aromatic heterocycles. The molecule has 0 aliphatic carbocycles. The summed E-state index contributed by atoms with van der Waals surface area (Å²) >= 11 is 5.79. The van der Waals surface area contributed by atoms with E-state index in [9.17, 15) is 10.0 Å². The van der Waals surface area contributed by atoms with Gasteiger partial charge in [0.1, 0.15) is 0 Å². The largest absolute Gasteiger partial charge is 0.490 e. The van der Waals surface area contributed by atoms with Crippen molar-refractivity contribution >= 4 is 46.6 Å². The van der Waals surface area contributed by atoms with E-state index in [0.717, 1.165) is 19.9 Å². The number of thiol groups is 1. The standard InChI is InChI=1S/C9H9BO2S2/c1-5-9(10(11)12)7-3-2-6(13)4-8(7)14-5/h2-4,11-13H,1H3. The van der Waals surface area contributed by atoms with Gasteiger partial charge in [-0.15, -0.1) is 24.0 Å². The molecule has 0 fully saturated rings. The van der Waals surface area contributed by atoms with Crippen molar-refractivity contribution in [3.8, 4) is 0 Å². The quantitative estimate of drug-likeness (QED) is 0.502. The number of rotatable bonds is 1. The van der Waals surface area contributed by atoms with Gasteiger partial charge < -0.3 is 10.0 Å². The highest BCUT2D eigenvalue weighted by Crippen LogP contribution is 2.25. The second-order valence-corrected chi connectivity index (χ2v) is 4.90. The normalized spacial score (nSPS) is 10.9. The maximum Gasteiger partial charge on any atom is 0.490 e. The molecule has 0 aliphatic rings. The SMILES string of the molecule is Cc1sc2cc(S)ccc2c1B(O)O. The van der Waals surface area contributed by atoms with Crippen LogP contribution in [0.3, 0.4) is 0 Å². The minimum atomic E-state index is -1.39. The highest BCUT2D eigenvalue weighted by atomic mass is 32.1. The molecule has 72 valence electrons. The Bertz CT molecular complexity index is 479. The molecule has 0 bridgehead atoms. The minimum Gasteiger partial charge on any atom is -0.423 e. The lowest BCUT2D eigenvalue weighted by Gasteiger charge is -1.98. The van der Waals surface area contributed by atoms with Gasteiger partial charge in [-0.1, -0.05) is 6.07 Å². The maximum atomic E-state index is 9.20. The van der Waals surface area contributed by atoms with E-state index >= 15 is 0 Å². The van der Waals surface area contributed by atoms with E-state index in [0.29, 0.717) is 5.46 Å². The molecule has 2 aromatic rings. The van der Waals surface area contributed by atoms with Gasteiger partial charge in [-0.25, -0.2) is 0 Å². The number of benzene rings is 1. The van der Waals surface area contributed by atoms with Crippen molar-refractivity contribution in [2.75, 3.05) is 0 Å². The Morgan fingerprint density at radius 3 is 2.71 bits per heavy atom. The molecule has 0 saturated heterocycles. The molecule has 2 rings (SSSR count). The lowest BCUT2D eigenvalue weighted by atomic mass is 9.78. The summed E-state index contributed by atoms with van der Waals surface area (Å²) in [5.41, 5.74) is 0.610. The van der Waals surface area contributed by atoms with E-state index in [1.165, 1.54) is 0 Å². The third-order valence-electron chi connectivity index (χ3n) is 2.16. The van der Waals surface area contributed by atoms with Crippen LogP contribution in [0.5, 0.6) is 0 Å². The lowest BCUT2D eigenvalue weighted by Crippen LogP contribution is -2.30. The zero-order valence-corrected chi connectivity index (χ0v) is 9.27. The van der Waals surface area contributed by atoms with E-state index in [1.54, 1.807) is 11.3 Å². The summed E-state index contributed by atoms with van der Waals surface area (Å²) in [6.45, 7) is 1.89. The zero-order valence-electron chi connectivity index (χ0n) is 7.56. The minimum absolute atomic E-state index is 0.610. The number of hydrogen-bond donors (Lipinski definition) is 3. The molecule has 14 heavy (non-hydrogen) atoms. The number of fused-ring (bicyclic) bond motifs is 1. The average Bonchev–Trinajstić information content (AvgIpc) is 2.39. The Kier molecular flexibility index (Phi) is 2.57. The summed E-state index contributed by atoms with van der Waals surface area (Å²) in [4.78, 5) is 1.83. The van der Waals surface area contributed by atoms with Crippen LogP contribution in [0.1, 0.15) is 4.88 Å². The first-order valence-electron chi connectivity index (χ1n) is 4.17. The van der Waals surface area contributed by atoms with Crippen molar-refractivity contribution in [2.45, 2.75) is 11.8 Å². The van der Waals surface area contributed by atoms with E-state index in [1.807, 2.05) is 25.1 Å². The van der Waals surface area contributed by atoms with Gasteiger partial charge in [-0.3, -0.25) is 0 Å². The van der Waals surface area contributed by atoms with Gasteiger partial charge in [0, 0.05) is 19.9 Å². The molecule has 0 spiro atoms. The molecule has 0 amide bonds. The second kappa shape index (κ2) is 3.58. The van der Waals surface area contributed by atoms with Crippen LogP contribution in [0.15, 0.2) is 23.1 Å². The highest BCUT2D eigenvalue weighted by molar-refractivity contribution is 7.80. The Morgan fingerprint density at radius 1 is 1.36 bits per heavy atom. The Hall–Kier alpha value is -0.485. The van der Waals surface area contributed by atoms with Crippen molar-refractivity contribution in [3.63, 3.8) is 0 Å². The van der Waals surface area contributed by atoms with Crippen molar-refractivity contribution in [1.82, 2.24) is 0 Å². The first-order chi connectivity index (χ1) is 6.59. The van der Waals surface area contributed by atoms with Crippen LogP contribution in [-0.4, -0.2) is 17.2 Å². The fourth-order valence-electron chi connectivity index (χ4n) is 1.55. The number of thiophene rings is 1. The van der Waals surface area contributed by atoms with Crippen LogP contribution in [0.4, 0.5) is 0 Å². The van der Waals surface area contributed by atoms with Crippen molar-refractivity contribution in [1.29, 1.82) is 0 Å². The third-order valence-corrected chi connectivity index (χ3v) is 3.52. The predicted molar refractivity (Wildman–Crippen MR) is 63.6 cm³/mol. The molecular weight excluding hydrogens is 215 g/mol. The average molecular weight is 224 g/mol. The molecular formula is C9H9BO2S2. The van der Waals surface area contributed by atoms with Gasteiger partial charge in [-0.05, 0) is 24.4 Å². The van der Waals surface area contributed by atoms with Gasteiger partial charge in [0.2, 0.25) is 0 Å². The van der Waals surface area contributed by atoms with Crippen LogP contribution in [0, 0.1) is 6.92 Å². The fraction of sp³-hybridized carbons (Fsp3) is 0.111. The van der Waals surface area contributed by atoms with Crippen molar-refractivity contribution < 1.29 is 10.0 Å².